The zero-order chi connectivity index (χ0) is 22.1. The molecule has 0 radical (unpaired) electrons. The molecular formula is C18H18N6O7. The summed E-state index contributed by atoms with van der Waals surface area (Å²) in [4.78, 5) is 34.7. The molecule has 1 aliphatic rings. The van der Waals surface area contributed by atoms with Crippen LogP contribution in [0.25, 0.3) is 22.1 Å². The van der Waals surface area contributed by atoms with Crippen molar-refractivity contribution in [3.8, 4) is 0 Å². The maximum Gasteiger partial charge on any atom is 0.278 e. The lowest BCUT2D eigenvalue weighted by molar-refractivity contribution is -0.384. The fourth-order valence-corrected chi connectivity index (χ4v) is 3.31. The SMILES string of the molecule is O=[N+]([O-])c1ccc2[nH]ccc2c1.O=c1[nH]cnc2c1ncn2[C@@H]1O[C@H](CO)[C@@H](O)[C@H]1O. The summed E-state index contributed by atoms with van der Waals surface area (Å²) in [5.41, 5.74) is 0.983. The minimum absolute atomic E-state index is 0.111. The number of fused-ring (bicyclic) bond motifs is 2. The topological polar surface area (TPSA) is 192 Å². The number of aromatic amines is 2. The van der Waals surface area contributed by atoms with Gasteiger partial charge in [0.05, 0.1) is 24.2 Å². The monoisotopic (exact) mass is 430 g/mol. The van der Waals surface area contributed by atoms with Crippen molar-refractivity contribution >= 4 is 27.8 Å². The van der Waals surface area contributed by atoms with Gasteiger partial charge in [-0.2, -0.15) is 0 Å². The number of non-ortho nitro benzene ring substituents is 1. The van der Waals surface area contributed by atoms with Crippen molar-refractivity contribution in [2.75, 3.05) is 6.61 Å². The van der Waals surface area contributed by atoms with E-state index >= 15 is 0 Å². The van der Waals surface area contributed by atoms with Crippen LogP contribution < -0.4 is 5.56 Å². The summed E-state index contributed by atoms with van der Waals surface area (Å²) in [5.74, 6) is 0. The minimum Gasteiger partial charge on any atom is -0.394 e. The fourth-order valence-electron chi connectivity index (χ4n) is 3.31. The molecule has 0 bridgehead atoms. The molecule has 0 aliphatic carbocycles. The van der Waals surface area contributed by atoms with Crippen molar-refractivity contribution in [1.29, 1.82) is 0 Å². The number of nitrogens with zero attached hydrogens (tertiary/aromatic N) is 4. The molecule has 5 rings (SSSR count). The van der Waals surface area contributed by atoms with E-state index in [2.05, 4.69) is 19.9 Å². The van der Waals surface area contributed by atoms with Crippen molar-refractivity contribution in [3.05, 3.63) is 63.6 Å². The number of imidazole rings is 1. The Morgan fingerprint density at radius 2 is 2.00 bits per heavy atom. The first-order valence-corrected chi connectivity index (χ1v) is 9.15. The third kappa shape index (κ3) is 3.77. The average Bonchev–Trinajstić information content (AvgIpc) is 3.47. The van der Waals surface area contributed by atoms with Gasteiger partial charge >= 0.3 is 0 Å². The van der Waals surface area contributed by atoms with Crippen LogP contribution in [0, 0.1) is 10.1 Å². The molecule has 13 heteroatoms. The van der Waals surface area contributed by atoms with Crippen molar-refractivity contribution in [1.82, 2.24) is 24.5 Å². The Morgan fingerprint density at radius 3 is 2.71 bits per heavy atom. The normalized spacial score (nSPS) is 23.1. The van der Waals surface area contributed by atoms with Gasteiger partial charge in [0.25, 0.3) is 11.2 Å². The molecule has 0 amide bonds. The minimum atomic E-state index is -1.24. The summed E-state index contributed by atoms with van der Waals surface area (Å²) in [7, 11) is 0. The molecule has 3 aromatic heterocycles. The molecular weight excluding hydrogens is 412 g/mol. The number of hydrogen-bond donors (Lipinski definition) is 5. The Hall–Kier alpha value is -3.65. The molecule has 0 spiro atoms. The number of aromatic nitrogens is 5. The van der Waals surface area contributed by atoms with Gasteiger partial charge in [0.15, 0.2) is 17.4 Å². The summed E-state index contributed by atoms with van der Waals surface area (Å²) in [6, 6.07) is 6.54. The standard InChI is InChI=1S/C10H12N4O5.C8H6N2O2/c15-1-4-6(16)7(17)10(19-4)14-3-13-5-8(14)11-2-12-9(5)18;11-10(12)7-1-2-8-6(5-7)3-4-9-8/h2-4,6-7,10,15-17H,1H2,(H,11,12,18);1-5,9H/t4-,6-,7-,10-;/m1./s1. The quantitative estimate of drug-likeness (QED) is 0.216. The van der Waals surface area contributed by atoms with Crippen LogP contribution in [0.1, 0.15) is 6.23 Å². The van der Waals surface area contributed by atoms with Gasteiger partial charge < -0.3 is 30.0 Å². The van der Waals surface area contributed by atoms with Crippen LogP contribution in [0.5, 0.6) is 0 Å². The van der Waals surface area contributed by atoms with E-state index in [4.69, 9.17) is 9.84 Å². The lowest BCUT2D eigenvalue weighted by Crippen LogP contribution is -2.33. The van der Waals surface area contributed by atoms with Crippen LogP contribution in [-0.4, -0.2) is 69.7 Å². The van der Waals surface area contributed by atoms with Crippen LogP contribution in [0.4, 0.5) is 5.69 Å². The maximum atomic E-state index is 11.5. The first-order chi connectivity index (χ1) is 14.9. The third-order valence-electron chi connectivity index (χ3n) is 4.90. The molecule has 1 fully saturated rings. The highest BCUT2D eigenvalue weighted by molar-refractivity contribution is 5.81. The van der Waals surface area contributed by atoms with Crippen LogP contribution in [0.2, 0.25) is 0 Å². The van der Waals surface area contributed by atoms with Crippen molar-refractivity contribution in [3.63, 3.8) is 0 Å². The Bertz CT molecular complexity index is 1280. The first kappa shape index (κ1) is 20.6. The number of nitrogens with one attached hydrogen (secondary N) is 2. The van der Waals surface area contributed by atoms with Gasteiger partial charge in [0.1, 0.15) is 18.3 Å². The molecule has 1 saturated heterocycles. The van der Waals surface area contributed by atoms with Crippen LogP contribution >= 0.6 is 0 Å². The van der Waals surface area contributed by atoms with E-state index in [1.165, 1.54) is 23.3 Å². The van der Waals surface area contributed by atoms with E-state index < -0.39 is 41.6 Å². The average molecular weight is 430 g/mol. The third-order valence-corrected chi connectivity index (χ3v) is 4.90. The predicted octanol–water partition coefficient (Wildman–Crippen LogP) is -0.193. The number of benzene rings is 1. The summed E-state index contributed by atoms with van der Waals surface area (Å²) in [6.07, 6.45) is -0.0258. The second-order valence-corrected chi connectivity index (χ2v) is 6.79. The molecule has 1 aliphatic heterocycles. The molecule has 1 aromatic carbocycles. The van der Waals surface area contributed by atoms with Gasteiger partial charge in [-0.1, -0.05) is 0 Å². The lowest BCUT2D eigenvalue weighted by Gasteiger charge is -2.16. The highest BCUT2D eigenvalue weighted by Crippen LogP contribution is 2.30. The predicted molar refractivity (Wildman–Crippen MR) is 106 cm³/mol. The van der Waals surface area contributed by atoms with Gasteiger partial charge in [-0.05, 0) is 12.1 Å². The molecule has 4 aromatic rings. The summed E-state index contributed by atoms with van der Waals surface area (Å²) in [6.45, 7) is -0.421. The zero-order valence-electron chi connectivity index (χ0n) is 15.8. The largest absolute Gasteiger partial charge is 0.394 e. The van der Waals surface area contributed by atoms with Crippen LogP contribution in [0.3, 0.4) is 0 Å². The number of nitro benzene ring substituents is 1. The number of rotatable bonds is 3. The van der Waals surface area contributed by atoms with Gasteiger partial charge in [-0.3, -0.25) is 19.5 Å². The second-order valence-electron chi connectivity index (χ2n) is 6.79. The number of aliphatic hydroxyl groups is 3. The summed E-state index contributed by atoms with van der Waals surface area (Å²) in [5, 5.41) is 39.9. The van der Waals surface area contributed by atoms with Crippen LogP contribution in [0.15, 0.2) is 47.9 Å². The Morgan fingerprint density at radius 1 is 1.19 bits per heavy atom. The van der Waals surface area contributed by atoms with Gasteiger partial charge in [0.2, 0.25) is 0 Å². The highest BCUT2D eigenvalue weighted by atomic mass is 16.6. The zero-order valence-corrected chi connectivity index (χ0v) is 15.8. The Kier molecular flexibility index (Phi) is 5.48. The number of ether oxygens (including phenoxy) is 1. The molecule has 0 unspecified atom stereocenters. The van der Waals surface area contributed by atoms with E-state index in [0.29, 0.717) is 0 Å². The molecule has 31 heavy (non-hydrogen) atoms. The molecule has 4 heterocycles. The number of aliphatic hydroxyl groups excluding tert-OH is 3. The van der Waals surface area contributed by atoms with Crippen molar-refractivity contribution in [2.24, 2.45) is 0 Å². The Labute approximate surface area is 172 Å². The maximum absolute atomic E-state index is 11.5. The van der Waals surface area contributed by atoms with Crippen molar-refractivity contribution in [2.45, 2.75) is 24.5 Å². The van der Waals surface area contributed by atoms with Gasteiger partial charge in [0, 0.05) is 29.2 Å². The molecule has 4 atom stereocenters. The highest BCUT2D eigenvalue weighted by Gasteiger charge is 2.43. The Balaban J connectivity index is 0.000000166. The number of H-pyrrole nitrogens is 2. The second kappa shape index (κ2) is 8.23. The van der Waals surface area contributed by atoms with E-state index in [9.17, 15) is 25.1 Å². The molecule has 162 valence electrons. The van der Waals surface area contributed by atoms with Gasteiger partial charge in [-0.15, -0.1) is 0 Å². The van der Waals surface area contributed by atoms with Crippen LogP contribution in [-0.2, 0) is 4.74 Å². The van der Waals surface area contributed by atoms with Crippen molar-refractivity contribution < 1.29 is 25.0 Å². The number of nitro groups is 1. The van der Waals surface area contributed by atoms with Gasteiger partial charge in [-0.25, -0.2) is 9.97 Å². The molecule has 13 nitrogen and oxygen atoms in total. The first-order valence-electron chi connectivity index (χ1n) is 9.15. The number of hydrogen-bond acceptors (Lipinski definition) is 9. The summed E-state index contributed by atoms with van der Waals surface area (Å²) >= 11 is 0. The van der Waals surface area contributed by atoms with E-state index in [1.54, 1.807) is 18.3 Å². The fraction of sp³-hybridized carbons (Fsp3) is 0.278. The van der Waals surface area contributed by atoms with E-state index in [0.717, 1.165) is 10.9 Å². The van der Waals surface area contributed by atoms with E-state index in [-0.39, 0.29) is 16.9 Å². The smallest absolute Gasteiger partial charge is 0.278 e. The summed E-state index contributed by atoms with van der Waals surface area (Å²) < 4.78 is 6.70. The van der Waals surface area contributed by atoms with E-state index in [1.807, 2.05) is 6.07 Å². The molecule has 5 N–H and O–H groups in total. The molecule has 0 saturated carbocycles. The lowest BCUT2D eigenvalue weighted by atomic mass is 10.1.